The Morgan fingerprint density at radius 2 is 1.46 bits per heavy atom. The molecule has 1 unspecified atom stereocenters. The molecule has 364 valence electrons. The Hall–Kier alpha value is -7.78. The number of nitrogens with zero attached hydrogens (tertiary/aromatic N) is 2. The molecule has 1 aromatic heterocycles. The molecule has 2 bridgehead atoms. The molecule has 0 saturated carbocycles. The molecule has 71 heavy (non-hydrogen) atoms. The standard InChI is InChI=1S/C57H57N5O9/c63-49-24-22-47(48-23-25-52(65)59-54(48)49)50(64)34-58-33-38-14-18-43(19-15-38)55(66)62(35-39-8-3-1-4-9-39)30-31-69-56(67)44-20-16-40(17-21-44)37-70-46-13-7-12-45(32-46)53(42-10-5-2-6-11-42)60-57(68)71-51-36-61-28-26-41(51)27-29-61/h1-25,32,41,50-51,53,58,63-64H,26-31,33-37H2,(H,59,65)(H,60,68)/t50-,51+,53?/m1/s1. The van der Waals surface area contributed by atoms with Crippen molar-refractivity contribution in [1.29, 1.82) is 0 Å². The molecule has 7 aromatic rings. The molecule has 14 nitrogen and oxygen atoms in total. The molecule has 4 heterocycles. The lowest BCUT2D eigenvalue weighted by Gasteiger charge is -2.43. The minimum Gasteiger partial charge on any atom is -0.506 e. The number of fused-ring (bicyclic) bond motifs is 4. The number of benzene rings is 6. The number of phenols is 1. The average Bonchev–Trinajstić information content (AvgIpc) is 3.40. The summed E-state index contributed by atoms with van der Waals surface area (Å²) >= 11 is 0. The number of piperidine rings is 3. The van der Waals surface area contributed by atoms with E-state index in [0.717, 1.165) is 60.3 Å². The number of amides is 2. The first-order valence-electron chi connectivity index (χ1n) is 24.0. The Morgan fingerprint density at radius 3 is 2.20 bits per heavy atom. The lowest BCUT2D eigenvalue weighted by atomic mass is 9.86. The summed E-state index contributed by atoms with van der Waals surface area (Å²) < 4.78 is 17.9. The van der Waals surface area contributed by atoms with Gasteiger partial charge in [-0.3, -0.25) is 14.5 Å². The minimum absolute atomic E-state index is 0.0222. The predicted molar refractivity (Wildman–Crippen MR) is 269 cm³/mol. The number of aromatic hydroxyl groups is 1. The third kappa shape index (κ3) is 12.3. The van der Waals surface area contributed by atoms with Crippen molar-refractivity contribution in [2.24, 2.45) is 5.92 Å². The van der Waals surface area contributed by atoms with Crippen LogP contribution in [-0.2, 0) is 29.2 Å². The number of hydrogen-bond acceptors (Lipinski definition) is 11. The summed E-state index contributed by atoms with van der Waals surface area (Å²) in [5, 5.41) is 28.1. The van der Waals surface area contributed by atoms with Gasteiger partial charge in [0.25, 0.3) is 5.91 Å². The molecule has 3 aliphatic heterocycles. The van der Waals surface area contributed by atoms with Gasteiger partial charge in [0.2, 0.25) is 5.56 Å². The molecule has 3 atom stereocenters. The van der Waals surface area contributed by atoms with E-state index in [0.29, 0.717) is 46.8 Å². The van der Waals surface area contributed by atoms with E-state index in [1.807, 2.05) is 109 Å². The molecular formula is C57H57N5O9. The summed E-state index contributed by atoms with van der Waals surface area (Å²) in [5.74, 6) is 0.211. The monoisotopic (exact) mass is 955 g/mol. The third-order valence-electron chi connectivity index (χ3n) is 13.3. The highest BCUT2D eigenvalue weighted by Crippen LogP contribution is 2.32. The fourth-order valence-corrected chi connectivity index (χ4v) is 9.37. The van der Waals surface area contributed by atoms with E-state index in [4.69, 9.17) is 14.2 Å². The fourth-order valence-electron chi connectivity index (χ4n) is 9.37. The first-order valence-corrected chi connectivity index (χ1v) is 24.0. The SMILES string of the molecule is O=C(NC(c1ccccc1)c1cccc(OCc2ccc(C(=O)OCCN(Cc3ccccc3)C(=O)c3ccc(CNC[C@@H](O)c4ccc(O)c5[nH]c(=O)ccc45)cc3)cc2)c1)O[C@H]1CN2CCC1CC2. The molecule has 3 saturated heterocycles. The highest BCUT2D eigenvalue weighted by atomic mass is 16.6. The zero-order chi connectivity index (χ0) is 49.1. The molecule has 2 amide bonds. The molecule has 0 radical (unpaired) electrons. The Kier molecular flexibility index (Phi) is 15.5. The summed E-state index contributed by atoms with van der Waals surface area (Å²) in [7, 11) is 0. The van der Waals surface area contributed by atoms with Gasteiger partial charge in [-0.15, -0.1) is 0 Å². The third-order valence-corrected chi connectivity index (χ3v) is 13.3. The number of aliphatic hydroxyl groups excluding tert-OH is 1. The fraction of sp³-hybridized carbons (Fsp3) is 0.263. The molecule has 14 heteroatoms. The van der Waals surface area contributed by atoms with Crippen LogP contribution in [0.15, 0.2) is 163 Å². The smallest absolute Gasteiger partial charge is 0.408 e. The number of hydrogen-bond donors (Lipinski definition) is 5. The quantitative estimate of drug-likeness (QED) is 0.0495. The zero-order valence-corrected chi connectivity index (χ0v) is 39.2. The summed E-state index contributed by atoms with van der Waals surface area (Å²) in [6.07, 6.45) is 0.647. The molecular weight excluding hydrogens is 899 g/mol. The maximum atomic E-state index is 13.9. The molecule has 10 rings (SSSR count). The van der Waals surface area contributed by atoms with Gasteiger partial charge in [-0.25, -0.2) is 9.59 Å². The number of esters is 1. The van der Waals surface area contributed by atoms with Crippen molar-refractivity contribution in [2.45, 2.75) is 50.8 Å². The van der Waals surface area contributed by atoms with Crippen LogP contribution >= 0.6 is 0 Å². The molecule has 5 N–H and O–H groups in total. The number of pyridine rings is 1. The Balaban J connectivity index is 0.766. The second kappa shape index (κ2) is 22.8. The minimum atomic E-state index is -0.913. The van der Waals surface area contributed by atoms with Crippen molar-refractivity contribution in [3.63, 3.8) is 0 Å². The number of nitrogens with one attached hydrogen (secondary N) is 3. The molecule has 3 aliphatic rings. The summed E-state index contributed by atoms with van der Waals surface area (Å²) in [6, 6.07) is 46.8. The number of ether oxygens (including phenoxy) is 3. The zero-order valence-electron chi connectivity index (χ0n) is 39.2. The van der Waals surface area contributed by atoms with Gasteiger partial charge in [0.1, 0.15) is 30.8 Å². The Bertz CT molecular complexity index is 2980. The van der Waals surface area contributed by atoms with Crippen LogP contribution in [-0.4, -0.2) is 88.4 Å². The molecule has 6 aromatic carbocycles. The summed E-state index contributed by atoms with van der Waals surface area (Å²) in [4.78, 5) is 58.9. The van der Waals surface area contributed by atoms with Gasteiger partial charge in [-0.05, 0) is 114 Å². The van der Waals surface area contributed by atoms with E-state index in [9.17, 15) is 29.4 Å². The Labute approximate surface area is 411 Å². The number of alkyl carbamates (subject to hydrolysis) is 1. The van der Waals surface area contributed by atoms with Gasteiger partial charge in [0.15, 0.2) is 0 Å². The number of carbonyl (C=O) groups is 3. The summed E-state index contributed by atoms with van der Waals surface area (Å²) in [6.45, 7) is 4.21. The van der Waals surface area contributed by atoms with Gasteiger partial charge in [-0.2, -0.15) is 0 Å². The van der Waals surface area contributed by atoms with Crippen molar-refractivity contribution in [3.8, 4) is 11.5 Å². The average molecular weight is 956 g/mol. The van der Waals surface area contributed by atoms with Gasteiger partial charge in [-0.1, -0.05) is 103 Å². The van der Waals surface area contributed by atoms with Gasteiger partial charge in [0, 0.05) is 43.2 Å². The number of aromatic amines is 1. The van der Waals surface area contributed by atoms with Crippen LogP contribution in [0.25, 0.3) is 10.9 Å². The van der Waals surface area contributed by atoms with E-state index in [-0.39, 0.29) is 55.1 Å². The lowest BCUT2D eigenvalue weighted by Crippen LogP contribution is -2.52. The van der Waals surface area contributed by atoms with Crippen molar-refractivity contribution in [3.05, 3.63) is 213 Å². The number of phenolic OH excluding ortho intramolecular Hbond substituents is 1. The van der Waals surface area contributed by atoms with E-state index in [1.165, 1.54) is 12.1 Å². The van der Waals surface area contributed by atoms with Gasteiger partial charge in [0.05, 0.1) is 29.8 Å². The highest BCUT2D eigenvalue weighted by Gasteiger charge is 2.37. The van der Waals surface area contributed by atoms with E-state index < -0.39 is 24.2 Å². The van der Waals surface area contributed by atoms with Crippen molar-refractivity contribution >= 4 is 28.9 Å². The maximum Gasteiger partial charge on any atom is 0.408 e. The van der Waals surface area contributed by atoms with Crippen LogP contribution in [0, 0.1) is 5.92 Å². The van der Waals surface area contributed by atoms with Crippen molar-refractivity contribution in [1.82, 2.24) is 25.4 Å². The van der Waals surface area contributed by atoms with Crippen LogP contribution < -0.4 is 20.9 Å². The second-order valence-electron chi connectivity index (χ2n) is 18.1. The van der Waals surface area contributed by atoms with E-state index in [2.05, 4.69) is 20.5 Å². The first-order chi connectivity index (χ1) is 34.6. The number of H-pyrrole nitrogens is 1. The molecule has 3 fully saturated rings. The van der Waals surface area contributed by atoms with E-state index in [1.54, 1.807) is 41.3 Å². The van der Waals surface area contributed by atoms with Crippen molar-refractivity contribution in [2.75, 3.05) is 39.3 Å². The number of rotatable bonds is 19. The van der Waals surface area contributed by atoms with Crippen molar-refractivity contribution < 1.29 is 38.8 Å². The van der Waals surface area contributed by atoms with Crippen LogP contribution in [0.5, 0.6) is 11.5 Å². The molecule has 0 spiro atoms. The van der Waals surface area contributed by atoms with E-state index >= 15 is 0 Å². The summed E-state index contributed by atoms with van der Waals surface area (Å²) in [5.41, 5.74) is 5.74. The van der Waals surface area contributed by atoms with Gasteiger partial charge >= 0.3 is 12.1 Å². The van der Waals surface area contributed by atoms with Crippen LogP contribution in [0.1, 0.15) is 79.1 Å². The lowest BCUT2D eigenvalue weighted by molar-refractivity contribution is -0.0336. The second-order valence-corrected chi connectivity index (χ2v) is 18.1. The number of aliphatic hydroxyl groups is 1. The van der Waals surface area contributed by atoms with Crippen LogP contribution in [0.2, 0.25) is 0 Å². The number of carbonyl (C=O) groups excluding carboxylic acids is 3. The van der Waals surface area contributed by atoms with Gasteiger partial charge < -0.3 is 44.9 Å². The van der Waals surface area contributed by atoms with Crippen LogP contribution in [0.4, 0.5) is 4.79 Å². The topological polar surface area (TPSA) is 183 Å². The maximum absolute atomic E-state index is 13.9. The predicted octanol–water partition coefficient (Wildman–Crippen LogP) is 8.05. The van der Waals surface area contributed by atoms with Crippen LogP contribution in [0.3, 0.4) is 0 Å². The highest BCUT2D eigenvalue weighted by molar-refractivity contribution is 5.94. The Morgan fingerprint density at radius 1 is 0.761 bits per heavy atom. The molecule has 0 aliphatic carbocycles. The number of aromatic nitrogens is 1. The first kappa shape index (κ1) is 48.3. The normalized spacial score (nSPS) is 16.9. The largest absolute Gasteiger partial charge is 0.506 e.